The van der Waals surface area contributed by atoms with Crippen LogP contribution in [0.15, 0.2) is 0 Å². The van der Waals surface area contributed by atoms with Crippen molar-refractivity contribution in [1.29, 1.82) is 0 Å². The summed E-state index contributed by atoms with van der Waals surface area (Å²) in [6.07, 6.45) is 3.77. The van der Waals surface area contributed by atoms with Crippen LogP contribution in [-0.4, -0.2) is 50.3 Å². The van der Waals surface area contributed by atoms with E-state index in [0.717, 1.165) is 32.0 Å². The van der Waals surface area contributed by atoms with Crippen molar-refractivity contribution in [3.8, 4) is 0 Å². The molecule has 3 nitrogen and oxygen atoms in total. The first kappa shape index (κ1) is 11.4. The van der Waals surface area contributed by atoms with Gasteiger partial charge in [-0.1, -0.05) is 6.92 Å². The molecule has 3 saturated heterocycles. The van der Waals surface area contributed by atoms with Crippen molar-refractivity contribution < 1.29 is 4.74 Å². The van der Waals surface area contributed by atoms with Crippen LogP contribution in [-0.2, 0) is 4.74 Å². The fourth-order valence-electron chi connectivity index (χ4n) is 3.14. The number of nitrogens with one attached hydrogen (secondary N) is 1. The highest BCUT2D eigenvalue weighted by atomic mass is 16.5. The molecule has 3 aliphatic heterocycles. The van der Waals surface area contributed by atoms with Gasteiger partial charge < -0.3 is 15.0 Å². The van der Waals surface area contributed by atoms with E-state index in [1.54, 1.807) is 0 Å². The summed E-state index contributed by atoms with van der Waals surface area (Å²) in [5.74, 6) is 0.779. The lowest BCUT2D eigenvalue weighted by molar-refractivity contribution is -0.150. The third-order valence-electron chi connectivity index (χ3n) is 3.89. The zero-order valence-corrected chi connectivity index (χ0v) is 10.1. The number of likely N-dealkylation sites (N-methyl/N-ethyl adjacent to an activating group) is 1. The normalized spacial score (nSPS) is 39.6. The predicted molar refractivity (Wildman–Crippen MR) is 62.1 cm³/mol. The Morgan fingerprint density at radius 2 is 2.13 bits per heavy atom. The Kier molecular flexibility index (Phi) is 3.65. The van der Waals surface area contributed by atoms with Gasteiger partial charge in [0.05, 0.1) is 5.60 Å². The molecule has 0 radical (unpaired) electrons. The highest BCUT2D eigenvalue weighted by Crippen LogP contribution is 2.37. The van der Waals surface area contributed by atoms with Crippen LogP contribution in [0, 0.1) is 5.92 Å². The molecule has 15 heavy (non-hydrogen) atoms. The number of hydrogen-bond acceptors (Lipinski definition) is 3. The van der Waals surface area contributed by atoms with Crippen LogP contribution >= 0.6 is 0 Å². The molecule has 0 aromatic heterocycles. The maximum absolute atomic E-state index is 6.19. The van der Waals surface area contributed by atoms with Gasteiger partial charge in [0.15, 0.2) is 0 Å². The minimum atomic E-state index is 0.112. The van der Waals surface area contributed by atoms with E-state index in [9.17, 15) is 0 Å². The van der Waals surface area contributed by atoms with Gasteiger partial charge in [0.2, 0.25) is 0 Å². The van der Waals surface area contributed by atoms with Gasteiger partial charge >= 0.3 is 0 Å². The number of ether oxygens (including phenoxy) is 1. The van der Waals surface area contributed by atoms with E-state index in [2.05, 4.69) is 17.1 Å². The first-order chi connectivity index (χ1) is 7.30. The van der Waals surface area contributed by atoms with Gasteiger partial charge in [-0.25, -0.2) is 0 Å². The third-order valence-corrected chi connectivity index (χ3v) is 3.89. The van der Waals surface area contributed by atoms with E-state index in [1.807, 2.05) is 7.05 Å². The smallest absolute Gasteiger partial charge is 0.0960 e. The monoisotopic (exact) mass is 212 g/mol. The Bertz CT molecular complexity index is 202. The van der Waals surface area contributed by atoms with Crippen molar-refractivity contribution in [2.45, 2.75) is 31.8 Å². The summed E-state index contributed by atoms with van der Waals surface area (Å²) in [5, 5.41) is 3.32. The largest absolute Gasteiger partial charge is 0.372 e. The fourth-order valence-corrected chi connectivity index (χ4v) is 3.14. The van der Waals surface area contributed by atoms with E-state index < -0.39 is 0 Å². The maximum Gasteiger partial charge on any atom is 0.0960 e. The summed E-state index contributed by atoms with van der Waals surface area (Å²) in [7, 11) is 2.04. The number of rotatable bonds is 5. The van der Waals surface area contributed by atoms with Gasteiger partial charge in [-0.3, -0.25) is 0 Å². The lowest BCUT2D eigenvalue weighted by Gasteiger charge is -2.53. The van der Waals surface area contributed by atoms with E-state index in [4.69, 9.17) is 4.74 Å². The van der Waals surface area contributed by atoms with E-state index in [0.29, 0.717) is 0 Å². The van der Waals surface area contributed by atoms with Crippen molar-refractivity contribution in [3.63, 3.8) is 0 Å². The Hall–Kier alpha value is -0.120. The Morgan fingerprint density at radius 3 is 2.60 bits per heavy atom. The summed E-state index contributed by atoms with van der Waals surface area (Å²) < 4.78 is 6.19. The first-order valence-corrected chi connectivity index (χ1v) is 6.31. The molecule has 0 spiro atoms. The molecular weight excluding hydrogens is 188 g/mol. The van der Waals surface area contributed by atoms with Crippen LogP contribution in [0.1, 0.15) is 26.2 Å². The third kappa shape index (κ3) is 2.19. The lowest BCUT2D eigenvalue weighted by Crippen LogP contribution is -2.64. The van der Waals surface area contributed by atoms with Crippen molar-refractivity contribution in [3.05, 3.63) is 0 Å². The Balaban J connectivity index is 2.04. The summed E-state index contributed by atoms with van der Waals surface area (Å²) >= 11 is 0. The number of nitrogens with zero attached hydrogens (tertiary/aromatic N) is 1. The summed E-state index contributed by atoms with van der Waals surface area (Å²) in [6, 6.07) is 0. The van der Waals surface area contributed by atoms with Crippen LogP contribution in [0.3, 0.4) is 0 Å². The quantitative estimate of drug-likeness (QED) is 0.738. The molecule has 0 aromatic carbocycles. The molecule has 2 bridgehead atoms. The van der Waals surface area contributed by atoms with E-state index in [-0.39, 0.29) is 5.60 Å². The molecule has 3 rings (SSSR count). The lowest BCUT2D eigenvalue weighted by atomic mass is 9.75. The van der Waals surface area contributed by atoms with Gasteiger partial charge in [0.25, 0.3) is 0 Å². The molecule has 1 atom stereocenters. The number of fused-ring (bicyclic) bond motifs is 3. The highest BCUT2D eigenvalue weighted by Gasteiger charge is 2.46. The molecule has 1 unspecified atom stereocenters. The Morgan fingerprint density at radius 1 is 1.40 bits per heavy atom. The molecule has 3 heterocycles. The van der Waals surface area contributed by atoms with Crippen LogP contribution in [0.4, 0.5) is 0 Å². The van der Waals surface area contributed by atoms with Crippen molar-refractivity contribution >= 4 is 0 Å². The van der Waals surface area contributed by atoms with Gasteiger partial charge in [-0.05, 0) is 45.3 Å². The number of hydrogen-bond donors (Lipinski definition) is 1. The van der Waals surface area contributed by atoms with Crippen LogP contribution in [0.25, 0.3) is 0 Å². The minimum absolute atomic E-state index is 0.112. The molecule has 3 aliphatic rings. The molecule has 0 amide bonds. The zero-order valence-electron chi connectivity index (χ0n) is 10.1. The van der Waals surface area contributed by atoms with Crippen LogP contribution in [0.5, 0.6) is 0 Å². The maximum atomic E-state index is 6.19. The summed E-state index contributed by atoms with van der Waals surface area (Å²) in [6.45, 7) is 7.81. The van der Waals surface area contributed by atoms with Crippen molar-refractivity contribution in [1.82, 2.24) is 10.2 Å². The topological polar surface area (TPSA) is 24.5 Å². The minimum Gasteiger partial charge on any atom is -0.372 e. The first-order valence-electron chi connectivity index (χ1n) is 6.31. The SMILES string of the molecule is CCCOC1(CNC)CN2CCC1CC2. The second-order valence-corrected chi connectivity index (χ2v) is 4.99. The molecule has 0 saturated carbocycles. The average Bonchev–Trinajstić information content (AvgIpc) is 2.28. The van der Waals surface area contributed by atoms with Crippen molar-refractivity contribution in [2.75, 3.05) is 39.8 Å². The highest BCUT2D eigenvalue weighted by molar-refractivity contribution is 5.00. The molecule has 1 N–H and O–H groups in total. The second-order valence-electron chi connectivity index (χ2n) is 4.99. The van der Waals surface area contributed by atoms with E-state index >= 15 is 0 Å². The molecule has 3 fully saturated rings. The average molecular weight is 212 g/mol. The summed E-state index contributed by atoms with van der Waals surface area (Å²) in [5.41, 5.74) is 0.112. The molecule has 3 heteroatoms. The van der Waals surface area contributed by atoms with Crippen molar-refractivity contribution in [2.24, 2.45) is 5.92 Å². The van der Waals surface area contributed by atoms with Crippen LogP contribution < -0.4 is 5.32 Å². The van der Waals surface area contributed by atoms with Gasteiger partial charge in [-0.2, -0.15) is 0 Å². The molecule has 0 aromatic rings. The van der Waals surface area contributed by atoms with Gasteiger partial charge in [0.1, 0.15) is 0 Å². The van der Waals surface area contributed by atoms with E-state index in [1.165, 1.54) is 25.9 Å². The molecule has 88 valence electrons. The molecule has 0 aliphatic carbocycles. The summed E-state index contributed by atoms with van der Waals surface area (Å²) in [4.78, 5) is 2.56. The standard InChI is InChI=1S/C12H24N2O/c1-3-8-15-12(9-13-2)10-14-6-4-11(12)5-7-14/h11,13H,3-10H2,1-2H3. The van der Waals surface area contributed by atoms with Gasteiger partial charge in [-0.15, -0.1) is 0 Å². The van der Waals surface area contributed by atoms with Gasteiger partial charge in [0, 0.05) is 19.7 Å². The van der Waals surface area contributed by atoms with Crippen LogP contribution in [0.2, 0.25) is 0 Å². The number of piperidine rings is 3. The Labute approximate surface area is 93.2 Å². The zero-order chi connectivity index (χ0) is 10.7. The predicted octanol–water partition coefficient (Wildman–Crippen LogP) is 1.10. The second kappa shape index (κ2) is 4.81. The molecular formula is C12H24N2O. The fraction of sp³-hybridized carbons (Fsp3) is 1.00.